The van der Waals surface area contributed by atoms with Gasteiger partial charge in [0.1, 0.15) is 6.20 Å². The molecule has 0 saturated carbocycles. The van der Waals surface area contributed by atoms with Crippen LogP contribution in [-0.2, 0) is 0 Å². The summed E-state index contributed by atoms with van der Waals surface area (Å²) in [7, 11) is 0. The Balaban J connectivity index is 1.90. The zero-order chi connectivity index (χ0) is 14.0. The molecule has 0 atom stereocenters. The van der Waals surface area contributed by atoms with Gasteiger partial charge < -0.3 is 10.0 Å². The summed E-state index contributed by atoms with van der Waals surface area (Å²) in [6.07, 6.45) is 1.31. The van der Waals surface area contributed by atoms with E-state index in [1.807, 2.05) is 0 Å². The number of hydrogen-bond acceptors (Lipinski definition) is 7. The van der Waals surface area contributed by atoms with Crippen LogP contribution in [-0.4, -0.2) is 58.2 Å². The Morgan fingerprint density at radius 1 is 1.47 bits per heavy atom. The first-order valence-corrected chi connectivity index (χ1v) is 6.97. The largest absolute Gasteiger partial charge is 0.389 e. The smallest absolute Gasteiger partial charge is 0.345 e. The Kier molecular flexibility index (Phi) is 4.02. The molecule has 8 heteroatoms. The van der Waals surface area contributed by atoms with E-state index in [1.54, 1.807) is 13.8 Å². The van der Waals surface area contributed by atoms with Gasteiger partial charge in [0.15, 0.2) is 5.13 Å². The van der Waals surface area contributed by atoms with Crippen LogP contribution in [0.2, 0.25) is 0 Å². The molecule has 1 aromatic rings. The lowest BCUT2D eigenvalue weighted by atomic mass is 10.1. The summed E-state index contributed by atoms with van der Waals surface area (Å²) in [5, 5.41) is 21.2. The molecule has 0 bridgehead atoms. The summed E-state index contributed by atoms with van der Waals surface area (Å²) in [5.41, 5.74) is -0.692. The zero-order valence-corrected chi connectivity index (χ0v) is 11.9. The van der Waals surface area contributed by atoms with Crippen molar-refractivity contribution in [1.82, 2.24) is 9.88 Å². The van der Waals surface area contributed by atoms with Gasteiger partial charge in [-0.25, -0.2) is 4.98 Å². The molecular weight excluding hydrogens is 268 g/mol. The molecule has 0 aromatic carbocycles. The van der Waals surface area contributed by atoms with Crippen LogP contribution in [0.3, 0.4) is 0 Å². The van der Waals surface area contributed by atoms with E-state index in [9.17, 15) is 15.2 Å². The predicted octanol–water partition coefficient (Wildman–Crippen LogP) is 0.944. The minimum atomic E-state index is -0.692. The van der Waals surface area contributed by atoms with Gasteiger partial charge in [-0.15, -0.1) is 0 Å². The second-order valence-electron chi connectivity index (χ2n) is 5.31. The second-order valence-corrected chi connectivity index (χ2v) is 6.30. The first-order valence-electron chi connectivity index (χ1n) is 6.15. The van der Waals surface area contributed by atoms with Gasteiger partial charge in [0, 0.05) is 32.7 Å². The Morgan fingerprint density at radius 2 is 2.11 bits per heavy atom. The SMILES string of the molecule is CC(C)(O)CN1CCN(c2ncc([N+](=O)[O-])s2)CC1. The van der Waals surface area contributed by atoms with Crippen LogP contribution >= 0.6 is 11.3 Å². The maximum absolute atomic E-state index is 10.6. The van der Waals surface area contributed by atoms with Crippen molar-refractivity contribution in [2.75, 3.05) is 37.6 Å². The van der Waals surface area contributed by atoms with E-state index >= 15 is 0 Å². The minimum absolute atomic E-state index is 0.0777. The number of β-amino-alcohol motifs (C(OH)–C–C–N with tert-alkyl or cyclic N) is 1. The first-order chi connectivity index (χ1) is 8.85. The Bertz CT molecular complexity index is 449. The number of nitrogens with zero attached hydrogens (tertiary/aromatic N) is 4. The van der Waals surface area contributed by atoms with Crippen molar-refractivity contribution in [2.24, 2.45) is 0 Å². The van der Waals surface area contributed by atoms with Crippen LogP contribution in [0, 0.1) is 10.1 Å². The lowest BCUT2D eigenvalue weighted by molar-refractivity contribution is -0.380. The van der Waals surface area contributed by atoms with Crippen molar-refractivity contribution in [1.29, 1.82) is 0 Å². The van der Waals surface area contributed by atoms with Gasteiger partial charge in [0.25, 0.3) is 0 Å². The van der Waals surface area contributed by atoms with E-state index in [-0.39, 0.29) is 5.00 Å². The molecule has 0 unspecified atom stereocenters. The van der Waals surface area contributed by atoms with E-state index in [2.05, 4.69) is 14.8 Å². The maximum Gasteiger partial charge on any atom is 0.345 e. The molecule has 1 aromatic heterocycles. The quantitative estimate of drug-likeness (QED) is 0.655. The summed E-state index contributed by atoms with van der Waals surface area (Å²) in [5.74, 6) is 0. The van der Waals surface area contributed by atoms with Crippen molar-refractivity contribution in [3.05, 3.63) is 16.3 Å². The third kappa shape index (κ3) is 3.85. The van der Waals surface area contributed by atoms with Crippen molar-refractivity contribution in [2.45, 2.75) is 19.4 Å². The number of anilines is 1. The van der Waals surface area contributed by atoms with E-state index < -0.39 is 10.5 Å². The molecule has 1 fully saturated rings. The van der Waals surface area contributed by atoms with Crippen molar-refractivity contribution in [3.63, 3.8) is 0 Å². The number of aliphatic hydroxyl groups is 1. The van der Waals surface area contributed by atoms with E-state index in [0.717, 1.165) is 37.5 Å². The normalized spacial score (nSPS) is 17.7. The summed E-state index contributed by atoms with van der Waals surface area (Å²) >= 11 is 1.11. The average Bonchev–Trinajstić information content (AvgIpc) is 2.77. The number of rotatable bonds is 4. The van der Waals surface area contributed by atoms with Gasteiger partial charge in [0.05, 0.1) is 10.5 Å². The highest BCUT2D eigenvalue weighted by molar-refractivity contribution is 7.18. The van der Waals surface area contributed by atoms with Crippen LogP contribution in [0.1, 0.15) is 13.8 Å². The highest BCUT2D eigenvalue weighted by Crippen LogP contribution is 2.28. The first kappa shape index (κ1) is 14.2. The van der Waals surface area contributed by atoms with Gasteiger partial charge in [-0.1, -0.05) is 0 Å². The van der Waals surface area contributed by atoms with Gasteiger partial charge >= 0.3 is 5.00 Å². The molecule has 7 nitrogen and oxygen atoms in total. The third-order valence-electron chi connectivity index (χ3n) is 2.91. The number of hydrogen-bond donors (Lipinski definition) is 1. The zero-order valence-electron chi connectivity index (χ0n) is 11.1. The molecule has 0 spiro atoms. The number of piperazine rings is 1. The van der Waals surface area contributed by atoms with E-state index in [1.165, 1.54) is 6.20 Å². The molecule has 1 aliphatic rings. The third-order valence-corrected chi connectivity index (χ3v) is 3.92. The van der Waals surface area contributed by atoms with Crippen LogP contribution in [0.4, 0.5) is 10.1 Å². The predicted molar refractivity (Wildman–Crippen MR) is 73.7 cm³/mol. The van der Waals surface area contributed by atoms with Crippen LogP contribution in [0.15, 0.2) is 6.20 Å². The molecule has 1 aliphatic heterocycles. The fourth-order valence-corrected chi connectivity index (χ4v) is 2.92. The number of nitro groups is 1. The fourth-order valence-electron chi connectivity index (χ4n) is 2.13. The number of thiazole rings is 1. The van der Waals surface area contributed by atoms with Gasteiger partial charge in [-0.3, -0.25) is 15.0 Å². The van der Waals surface area contributed by atoms with Crippen molar-refractivity contribution < 1.29 is 10.0 Å². The molecule has 19 heavy (non-hydrogen) atoms. The van der Waals surface area contributed by atoms with Gasteiger partial charge in [-0.2, -0.15) is 0 Å². The summed E-state index contributed by atoms with van der Waals surface area (Å²) < 4.78 is 0. The molecule has 1 N–H and O–H groups in total. The Morgan fingerprint density at radius 3 is 2.58 bits per heavy atom. The fraction of sp³-hybridized carbons (Fsp3) is 0.727. The molecule has 0 radical (unpaired) electrons. The summed E-state index contributed by atoms with van der Waals surface area (Å²) in [6, 6.07) is 0. The van der Waals surface area contributed by atoms with Gasteiger partial charge in [0.2, 0.25) is 0 Å². The monoisotopic (exact) mass is 286 g/mol. The lowest BCUT2D eigenvalue weighted by Gasteiger charge is -2.37. The summed E-state index contributed by atoms with van der Waals surface area (Å²) in [4.78, 5) is 18.6. The summed E-state index contributed by atoms with van der Waals surface area (Å²) in [6.45, 7) is 7.45. The van der Waals surface area contributed by atoms with Crippen molar-refractivity contribution in [3.8, 4) is 0 Å². The van der Waals surface area contributed by atoms with Crippen molar-refractivity contribution >= 4 is 21.5 Å². The minimum Gasteiger partial charge on any atom is -0.389 e. The van der Waals surface area contributed by atoms with Crippen LogP contribution in [0.25, 0.3) is 0 Å². The molecule has 0 aliphatic carbocycles. The average molecular weight is 286 g/mol. The van der Waals surface area contributed by atoms with Gasteiger partial charge in [-0.05, 0) is 25.2 Å². The topological polar surface area (TPSA) is 82.7 Å². The van der Waals surface area contributed by atoms with Crippen LogP contribution in [0.5, 0.6) is 0 Å². The Hall–Kier alpha value is -1.25. The van der Waals surface area contributed by atoms with E-state index in [0.29, 0.717) is 11.7 Å². The molecule has 0 amide bonds. The van der Waals surface area contributed by atoms with E-state index in [4.69, 9.17) is 0 Å². The highest BCUT2D eigenvalue weighted by atomic mass is 32.1. The molecule has 2 rings (SSSR count). The lowest BCUT2D eigenvalue weighted by Crippen LogP contribution is -2.50. The molecule has 2 heterocycles. The van der Waals surface area contributed by atoms with Crippen LogP contribution < -0.4 is 4.90 Å². The molecule has 106 valence electrons. The number of aromatic nitrogens is 1. The molecule has 1 saturated heterocycles. The molecular formula is C11H18N4O3S. The maximum atomic E-state index is 10.6. The standard InChI is InChI=1S/C11H18N4O3S/c1-11(2,16)8-13-3-5-14(6-4-13)10-12-7-9(19-10)15(17)18/h7,16H,3-6,8H2,1-2H3. The second kappa shape index (κ2) is 5.40. The Labute approximate surface area is 115 Å². The highest BCUT2D eigenvalue weighted by Gasteiger charge is 2.25.